The lowest BCUT2D eigenvalue weighted by Crippen LogP contribution is -2.28. The Bertz CT molecular complexity index is 922. The van der Waals surface area contributed by atoms with E-state index in [1.807, 2.05) is 13.0 Å². The Balaban J connectivity index is 1.93. The Hall–Kier alpha value is -2.45. The maximum absolute atomic E-state index is 12.9. The number of carbonyl (C=O) groups excluding carboxylic acids is 1. The van der Waals surface area contributed by atoms with Crippen LogP contribution in [0, 0.1) is 6.92 Å². The SMILES string of the molecule is COc1ccc(C(=O)Nc2cccc(C)n2)cc1S(=O)(=O)N1CCCC1. The molecular formula is C18H21N3O4S. The normalized spacial score (nSPS) is 15.0. The van der Waals surface area contributed by atoms with Crippen molar-refractivity contribution in [2.45, 2.75) is 24.7 Å². The number of anilines is 1. The number of carbonyl (C=O) groups is 1. The molecule has 0 spiro atoms. The molecule has 0 radical (unpaired) electrons. The number of nitrogens with one attached hydrogen (secondary N) is 1. The summed E-state index contributed by atoms with van der Waals surface area (Å²) in [6, 6.07) is 9.68. The van der Waals surface area contributed by atoms with Crippen LogP contribution in [0.4, 0.5) is 5.82 Å². The summed E-state index contributed by atoms with van der Waals surface area (Å²) in [5.74, 6) is 0.209. The minimum atomic E-state index is -3.70. The van der Waals surface area contributed by atoms with Crippen LogP contribution in [0.15, 0.2) is 41.3 Å². The summed E-state index contributed by atoms with van der Waals surface area (Å²) in [6.45, 7) is 2.79. The number of pyridine rings is 1. The molecule has 1 N–H and O–H groups in total. The number of aryl methyl sites for hydroxylation is 1. The van der Waals surface area contributed by atoms with Crippen LogP contribution >= 0.6 is 0 Å². The molecule has 2 heterocycles. The van der Waals surface area contributed by atoms with Crippen molar-refractivity contribution in [3.63, 3.8) is 0 Å². The first-order chi connectivity index (χ1) is 12.4. The Morgan fingerprint density at radius 1 is 1.19 bits per heavy atom. The van der Waals surface area contributed by atoms with Gasteiger partial charge in [0, 0.05) is 24.3 Å². The molecule has 1 amide bonds. The zero-order chi connectivity index (χ0) is 18.7. The van der Waals surface area contributed by atoms with Gasteiger partial charge in [-0.15, -0.1) is 0 Å². The second-order valence-corrected chi connectivity index (χ2v) is 8.00. The Kier molecular flexibility index (Phi) is 5.24. The van der Waals surface area contributed by atoms with Crippen molar-refractivity contribution in [1.29, 1.82) is 0 Å². The molecule has 2 aromatic rings. The number of sulfonamides is 1. The second kappa shape index (κ2) is 7.43. The third-order valence-corrected chi connectivity index (χ3v) is 6.16. The molecule has 3 rings (SSSR count). The number of nitrogens with zero attached hydrogens (tertiary/aromatic N) is 2. The quantitative estimate of drug-likeness (QED) is 0.867. The topological polar surface area (TPSA) is 88.6 Å². The van der Waals surface area contributed by atoms with E-state index in [0.717, 1.165) is 18.5 Å². The molecular weight excluding hydrogens is 354 g/mol. The molecule has 0 bridgehead atoms. The molecule has 0 atom stereocenters. The van der Waals surface area contributed by atoms with Gasteiger partial charge in [0.15, 0.2) is 0 Å². The van der Waals surface area contributed by atoms with Gasteiger partial charge in [0.25, 0.3) is 5.91 Å². The Morgan fingerprint density at radius 3 is 2.58 bits per heavy atom. The van der Waals surface area contributed by atoms with Gasteiger partial charge in [-0.25, -0.2) is 13.4 Å². The molecule has 26 heavy (non-hydrogen) atoms. The summed E-state index contributed by atoms with van der Waals surface area (Å²) in [5, 5.41) is 2.69. The average Bonchev–Trinajstić information content (AvgIpc) is 3.16. The maximum Gasteiger partial charge on any atom is 0.256 e. The van der Waals surface area contributed by atoms with Crippen molar-refractivity contribution in [2.24, 2.45) is 0 Å². The number of benzene rings is 1. The van der Waals surface area contributed by atoms with E-state index in [2.05, 4.69) is 10.3 Å². The first-order valence-electron chi connectivity index (χ1n) is 8.35. The number of amides is 1. The standard InChI is InChI=1S/C18H21N3O4S/c1-13-6-5-7-17(19-13)20-18(22)14-8-9-15(25-2)16(12-14)26(23,24)21-10-3-4-11-21/h5-9,12H,3-4,10-11H2,1-2H3,(H,19,20,22). The van der Waals surface area contributed by atoms with Crippen molar-refractivity contribution >= 4 is 21.7 Å². The number of methoxy groups -OCH3 is 1. The van der Waals surface area contributed by atoms with Crippen molar-refractivity contribution in [1.82, 2.24) is 9.29 Å². The van der Waals surface area contributed by atoms with Gasteiger partial charge in [-0.05, 0) is 50.1 Å². The highest BCUT2D eigenvalue weighted by molar-refractivity contribution is 7.89. The fraction of sp³-hybridized carbons (Fsp3) is 0.333. The van der Waals surface area contributed by atoms with Gasteiger partial charge >= 0.3 is 0 Å². The van der Waals surface area contributed by atoms with Gasteiger partial charge in [-0.1, -0.05) is 6.07 Å². The lowest BCUT2D eigenvalue weighted by atomic mass is 10.2. The molecule has 0 unspecified atom stereocenters. The van der Waals surface area contributed by atoms with Gasteiger partial charge in [0.1, 0.15) is 16.5 Å². The molecule has 0 aliphatic carbocycles. The van der Waals surface area contributed by atoms with E-state index in [1.54, 1.807) is 12.1 Å². The smallest absolute Gasteiger partial charge is 0.256 e. The van der Waals surface area contributed by atoms with Crippen LogP contribution < -0.4 is 10.1 Å². The predicted molar refractivity (Wildman–Crippen MR) is 97.9 cm³/mol. The van der Waals surface area contributed by atoms with Crippen LogP contribution in [0.1, 0.15) is 28.9 Å². The zero-order valence-electron chi connectivity index (χ0n) is 14.7. The first-order valence-corrected chi connectivity index (χ1v) is 9.79. The molecule has 1 aromatic carbocycles. The summed E-state index contributed by atoms with van der Waals surface area (Å²) in [4.78, 5) is 16.8. The van der Waals surface area contributed by atoms with Crippen LogP contribution in [-0.4, -0.2) is 43.8 Å². The zero-order valence-corrected chi connectivity index (χ0v) is 15.5. The van der Waals surface area contributed by atoms with Crippen LogP contribution in [0.2, 0.25) is 0 Å². The van der Waals surface area contributed by atoms with E-state index < -0.39 is 15.9 Å². The minimum absolute atomic E-state index is 0.00625. The molecule has 138 valence electrons. The molecule has 1 aromatic heterocycles. The largest absolute Gasteiger partial charge is 0.495 e. The summed E-state index contributed by atoms with van der Waals surface area (Å²) < 4.78 is 32.4. The van der Waals surface area contributed by atoms with Gasteiger partial charge in [0.05, 0.1) is 7.11 Å². The fourth-order valence-corrected chi connectivity index (χ4v) is 4.59. The number of aromatic nitrogens is 1. The van der Waals surface area contributed by atoms with Crippen molar-refractivity contribution in [2.75, 3.05) is 25.5 Å². The predicted octanol–water partition coefficient (Wildman–Crippen LogP) is 2.44. The summed E-state index contributed by atoms with van der Waals surface area (Å²) >= 11 is 0. The van der Waals surface area contributed by atoms with Crippen molar-refractivity contribution in [3.05, 3.63) is 47.7 Å². The van der Waals surface area contributed by atoms with E-state index in [0.29, 0.717) is 18.9 Å². The monoisotopic (exact) mass is 375 g/mol. The molecule has 1 fully saturated rings. The Labute approximate surface area is 153 Å². The minimum Gasteiger partial charge on any atom is -0.495 e. The highest BCUT2D eigenvalue weighted by atomic mass is 32.2. The lowest BCUT2D eigenvalue weighted by molar-refractivity contribution is 0.102. The molecule has 8 heteroatoms. The van der Waals surface area contributed by atoms with E-state index in [4.69, 9.17) is 4.74 Å². The molecule has 1 aliphatic heterocycles. The number of rotatable bonds is 5. The van der Waals surface area contributed by atoms with Crippen molar-refractivity contribution < 1.29 is 17.9 Å². The molecule has 1 aliphatic rings. The van der Waals surface area contributed by atoms with Gasteiger partial charge in [0.2, 0.25) is 10.0 Å². The first kappa shape index (κ1) is 18.3. The summed E-state index contributed by atoms with van der Waals surface area (Å²) in [6.07, 6.45) is 1.67. The van der Waals surface area contributed by atoms with E-state index >= 15 is 0 Å². The van der Waals surface area contributed by atoms with Gasteiger partial charge in [-0.3, -0.25) is 4.79 Å². The van der Waals surface area contributed by atoms with Gasteiger partial charge in [-0.2, -0.15) is 4.31 Å². The third-order valence-electron chi connectivity index (χ3n) is 4.24. The molecule has 0 saturated carbocycles. The third kappa shape index (κ3) is 3.71. The second-order valence-electron chi connectivity index (χ2n) is 6.10. The van der Waals surface area contributed by atoms with Gasteiger partial charge < -0.3 is 10.1 Å². The van der Waals surface area contributed by atoms with Crippen LogP contribution in [0.3, 0.4) is 0 Å². The van der Waals surface area contributed by atoms with E-state index in [1.165, 1.54) is 29.6 Å². The molecule has 7 nitrogen and oxygen atoms in total. The number of ether oxygens (including phenoxy) is 1. The number of hydrogen-bond donors (Lipinski definition) is 1. The molecule has 1 saturated heterocycles. The summed E-state index contributed by atoms with van der Waals surface area (Å²) in [5.41, 5.74) is 1.00. The van der Waals surface area contributed by atoms with Crippen molar-refractivity contribution in [3.8, 4) is 5.75 Å². The van der Waals surface area contributed by atoms with E-state index in [9.17, 15) is 13.2 Å². The fourth-order valence-electron chi connectivity index (χ4n) is 2.89. The maximum atomic E-state index is 12.9. The highest BCUT2D eigenvalue weighted by Crippen LogP contribution is 2.30. The average molecular weight is 375 g/mol. The van der Waals surface area contributed by atoms with Crippen LogP contribution in [0.5, 0.6) is 5.75 Å². The van der Waals surface area contributed by atoms with E-state index in [-0.39, 0.29) is 16.2 Å². The van der Waals surface area contributed by atoms with Crippen LogP contribution in [-0.2, 0) is 10.0 Å². The summed E-state index contributed by atoms with van der Waals surface area (Å²) in [7, 11) is -2.29. The van der Waals surface area contributed by atoms with Crippen LogP contribution in [0.25, 0.3) is 0 Å². The number of hydrogen-bond acceptors (Lipinski definition) is 5. The lowest BCUT2D eigenvalue weighted by Gasteiger charge is -2.18. The Morgan fingerprint density at radius 2 is 1.92 bits per heavy atom. The highest BCUT2D eigenvalue weighted by Gasteiger charge is 2.30.